The van der Waals surface area contributed by atoms with Gasteiger partial charge in [0.15, 0.2) is 5.65 Å². The minimum atomic E-state index is -0.0926. The second-order valence-electron chi connectivity index (χ2n) is 7.91. The Morgan fingerprint density at radius 1 is 1.20 bits per heavy atom. The molecule has 0 spiro atoms. The van der Waals surface area contributed by atoms with E-state index < -0.39 is 0 Å². The maximum absolute atomic E-state index is 13.4. The molecule has 8 nitrogen and oxygen atoms in total. The van der Waals surface area contributed by atoms with Crippen molar-refractivity contribution in [1.29, 1.82) is 0 Å². The Morgan fingerprint density at radius 2 is 2.07 bits per heavy atom. The largest absolute Gasteiger partial charge is 0.330 e. The Balaban J connectivity index is 1.59. The van der Waals surface area contributed by atoms with Crippen LogP contribution in [0, 0.1) is 6.92 Å². The summed E-state index contributed by atoms with van der Waals surface area (Å²) in [6.45, 7) is 2.49. The van der Waals surface area contributed by atoms with Crippen LogP contribution in [-0.4, -0.2) is 46.9 Å². The third kappa shape index (κ3) is 3.28. The SMILES string of the molecule is Cc1cccc2cc(CN(C(=O)c3cnccn3)C3CCCCC3)c3nnnn3c12. The number of carbonyl (C=O) groups excluding carboxylic acids is 1. The molecular weight excluding hydrogens is 378 g/mol. The van der Waals surface area contributed by atoms with Crippen molar-refractivity contribution >= 4 is 22.5 Å². The summed E-state index contributed by atoms with van der Waals surface area (Å²) in [5.74, 6) is -0.0926. The van der Waals surface area contributed by atoms with Gasteiger partial charge in [0.25, 0.3) is 5.91 Å². The predicted octanol–water partition coefficient (Wildman–Crippen LogP) is 3.35. The average Bonchev–Trinajstić information content (AvgIpc) is 3.28. The minimum Gasteiger partial charge on any atom is -0.330 e. The average molecular weight is 401 g/mol. The molecule has 1 aliphatic rings. The van der Waals surface area contributed by atoms with Gasteiger partial charge in [-0.05, 0) is 41.8 Å². The predicted molar refractivity (Wildman–Crippen MR) is 112 cm³/mol. The van der Waals surface area contributed by atoms with E-state index in [0.29, 0.717) is 17.9 Å². The van der Waals surface area contributed by atoms with E-state index in [1.165, 1.54) is 12.6 Å². The number of rotatable bonds is 4. The summed E-state index contributed by atoms with van der Waals surface area (Å²) in [7, 11) is 0. The first-order chi connectivity index (χ1) is 14.7. The van der Waals surface area contributed by atoms with Gasteiger partial charge in [0.1, 0.15) is 5.69 Å². The first-order valence-corrected chi connectivity index (χ1v) is 10.4. The Bertz CT molecular complexity index is 1200. The molecule has 0 aliphatic heterocycles. The molecule has 0 N–H and O–H groups in total. The zero-order valence-electron chi connectivity index (χ0n) is 16.9. The molecule has 1 amide bonds. The molecule has 5 rings (SSSR count). The number of hydrogen-bond acceptors (Lipinski definition) is 6. The molecule has 152 valence electrons. The number of pyridine rings is 1. The second kappa shape index (κ2) is 7.78. The van der Waals surface area contributed by atoms with Gasteiger partial charge in [0.2, 0.25) is 0 Å². The van der Waals surface area contributed by atoms with E-state index in [9.17, 15) is 4.79 Å². The van der Waals surface area contributed by atoms with E-state index in [0.717, 1.165) is 47.7 Å². The quantitative estimate of drug-likeness (QED) is 0.521. The lowest BCUT2D eigenvalue weighted by Gasteiger charge is -2.34. The van der Waals surface area contributed by atoms with Crippen LogP contribution in [0.5, 0.6) is 0 Å². The molecule has 1 saturated carbocycles. The Morgan fingerprint density at radius 3 is 2.87 bits per heavy atom. The van der Waals surface area contributed by atoms with E-state index >= 15 is 0 Å². The minimum absolute atomic E-state index is 0.0926. The van der Waals surface area contributed by atoms with E-state index in [1.807, 2.05) is 11.0 Å². The van der Waals surface area contributed by atoms with Crippen molar-refractivity contribution in [2.45, 2.75) is 51.6 Å². The molecule has 8 heteroatoms. The van der Waals surface area contributed by atoms with Crippen LogP contribution in [0.4, 0.5) is 0 Å². The number of aryl methyl sites for hydroxylation is 1. The molecular formula is C22H23N7O. The molecule has 3 heterocycles. The maximum Gasteiger partial charge on any atom is 0.274 e. The number of carbonyl (C=O) groups is 1. The smallest absolute Gasteiger partial charge is 0.274 e. The first-order valence-electron chi connectivity index (χ1n) is 10.4. The zero-order chi connectivity index (χ0) is 20.5. The van der Waals surface area contributed by atoms with E-state index in [2.05, 4.69) is 50.6 Å². The highest BCUT2D eigenvalue weighted by Gasteiger charge is 2.28. The Kier molecular flexibility index (Phi) is 4.82. The third-order valence-electron chi connectivity index (χ3n) is 5.97. The standard InChI is InChI=1S/C22H23N7O/c1-15-6-5-7-16-12-17(21-25-26-27-29(21)20(15)16)14-28(18-8-3-2-4-9-18)22(30)19-13-23-10-11-24-19/h5-7,10-13,18H,2-4,8-9,14H2,1H3. The summed E-state index contributed by atoms with van der Waals surface area (Å²) in [5, 5.41) is 13.5. The first kappa shape index (κ1) is 18.6. The lowest BCUT2D eigenvalue weighted by molar-refractivity contribution is 0.0608. The van der Waals surface area contributed by atoms with E-state index in [1.54, 1.807) is 16.9 Å². The van der Waals surface area contributed by atoms with Gasteiger partial charge < -0.3 is 4.90 Å². The van der Waals surface area contributed by atoms with Crippen molar-refractivity contribution in [2.75, 3.05) is 0 Å². The van der Waals surface area contributed by atoms with Crippen molar-refractivity contribution in [2.24, 2.45) is 0 Å². The normalized spacial score (nSPS) is 15.0. The third-order valence-corrected chi connectivity index (χ3v) is 5.97. The molecule has 3 aromatic heterocycles. The van der Waals surface area contributed by atoms with Crippen LogP contribution in [0.15, 0.2) is 42.9 Å². The Labute approximate surface area is 173 Å². The number of para-hydroxylation sites is 1. The highest BCUT2D eigenvalue weighted by atomic mass is 16.2. The highest BCUT2D eigenvalue weighted by molar-refractivity contribution is 5.92. The van der Waals surface area contributed by atoms with E-state index in [-0.39, 0.29) is 11.9 Å². The monoisotopic (exact) mass is 401 g/mol. The van der Waals surface area contributed by atoms with Gasteiger partial charge in [-0.15, -0.1) is 5.10 Å². The topological polar surface area (TPSA) is 89.2 Å². The van der Waals surface area contributed by atoms with Gasteiger partial charge >= 0.3 is 0 Å². The van der Waals surface area contributed by atoms with Crippen molar-refractivity contribution in [3.8, 4) is 0 Å². The number of nitrogens with zero attached hydrogens (tertiary/aromatic N) is 7. The number of amides is 1. The molecule has 0 unspecified atom stereocenters. The molecule has 0 saturated heterocycles. The van der Waals surface area contributed by atoms with Gasteiger partial charge in [-0.2, -0.15) is 4.52 Å². The van der Waals surface area contributed by atoms with Crippen molar-refractivity contribution in [3.05, 3.63) is 59.7 Å². The summed E-state index contributed by atoms with van der Waals surface area (Å²) in [4.78, 5) is 23.7. The number of fused-ring (bicyclic) bond motifs is 3. The number of hydrogen-bond donors (Lipinski definition) is 0. The highest BCUT2D eigenvalue weighted by Crippen LogP contribution is 2.28. The molecule has 1 aliphatic carbocycles. The van der Waals surface area contributed by atoms with Crippen LogP contribution >= 0.6 is 0 Å². The van der Waals surface area contributed by atoms with Gasteiger partial charge in [-0.1, -0.05) is 37.5 Å². The number of tetrazole rings is 1. The summed E-state index contributed by atoms with van der Waals surface area (Å²) < 4.78 is 1.78. The molecule has 0 radical (unpaired) electrons. The van der Waals surface area contributed by atoms with Crippen molar-refractivity contribution < 1.29 is 4.79 Å². The zero-order valence-corrected chi connectivity index (χ0v) is 16.9. The fourth-order valence-electron chi connectivity index (χ4n) is 4.49. The van der Waals surface area contributed by atoms with Gasteiger partial charge in [-0.25, -0.2) is 4.98 Å². The van der Waals surface area contributed by atoms with Crippen LogP contribution in [0.2, 0.25) is 0 Å². The van der Waals surface area contributed by atoms with Crippen LogP contribution in [0.25, 0.3) is 16.6 Å². The van der Waals surface area contributed by atoms with Gasteiger partial charge in [0, 0.05) is 29.4 Å². The van der Waals surface area contributed by atoms with E-state index in [4.69, 9.17) is 0 Å². The lowest BCUT2D eigenvalue weighted by atomic mass is 9.93. The summed E-state index contributed by atoms with van der Waals surface area (Å²) in [6, 6.07) is 8.42. The maximum atomic E-state index is 13.4. The fourth-order valence-corrected chi connectivity index (χ4v) is 4.49. The lowest BCUT2D eigenvalue weighted by Crippen LogP contribution is -2.41. The molecule has 1 aromatic carbocycles. The molecule has 1 fully saturated rings. The number of aromatic nitrogens is 6. The van der Waals surface area contributed by atoms with Crippen LogP contribution in [-0.2, 0) is 6.54 Å². The molecule has 0 atom stereocenters. The molecule has 30 heavy (non-hydrogen) atoms. The summed E-state index contributed by atoms with van der Waals surface area (Å²) in [5.41, 5.74) is 4.09. The fraction of sp³-hybridized carbons (Fsp3) is 0.364. The number of benzene rings is 1. The molecule has 0 bridgehead atoms. The van der Waals surface area contributed by atoms with Gasteiger partial charge in [-0.3, -0.25) is 9.78 Å². The Hall–Kier alpha value is -3.42. The molecule has 4 aromatic rings. The van der Waals surface area contributed by atoms with Crippen LogP contribution in [0.1, 0.15) is 53.7 Å². The van der Waals surface area contributed by atoms with Gasteiger partial charge in [0.05, 0.1) is 18.3 Å². The van der Waals surface area contributed by atoms with Crippen LogP contribution in [0.3, 0.4) is 0 Å². The summed E-state index contributed by atoms with van der Waals surface area (Å²) >= 11 is 0. The van der Waals surface area contributed by atoms with Crippen molar-refractivity contribution in [3.63, 3.8) is 0 Å². The van der Waals surface area contributed by atoms with Crippen molar-refractivity contribution in [1.82, 2.24) is 34.9 Å². The van der Waals surface area contributed by atoms with Crippen LogP contribution < -0.4 is 0 Å². The summed E-state index contributed by atoms with van der Waals surface area (Å²) in [6.07, 6.45) is 10.2. The second-order valence-corrected chi connectivity index (χ2v) is 7.91.